The van der Waals surface area contributed by atoms with Gasteiger partial charge in [0.15, 0.2) is 0 Å². The molecule has 4 heteroatoms. The monoisotopic (exact) mass is 248 g/mol. The third-order valence-electron chi connectivity index (χ3n) is 3.50. The van der Waals surface area contributed by atoms with Gasteiger partial charge in [-0.25, -0.2) is 4.98 Å². The Kier molecular flexibility index (Phi) is 2.99. The van der Waals surface area contributed by atoms with E-state index in [1.54, 1.807) is 11.3 Å². The molecular formula is C13H16N2OS. The first kappa shape index (κ1) is 11.0. The number of rotatable bonds is 3. The molecule has 0 spiro atoms. The van der Waals surface area contributed by atoms with Gasteiger partial charge in [0.05, 0.1) is 5.39 Å². The molecule has 2 unspecified atom stereocenters. The zero-order valence-corrected chi connectivity index (χ0v) is 10.5. The first-order valence-corrected chi connectivity index (χ1v) is 6.95. The summed E-state index contributed by atoms with van der Waals surface area (Å²) < 4.78 is 7.30. The summed E-state index contributed by atoms with van der Waals surface area (Å²) in [5.41, 5.74) is 5.77. The van der Waals surface area contributed by atoms with Crippen molar-refractivity contribution in [3.05, 3.63) is 23.7 Å². The molecule has 0 aliphatic heterocycles. The second-order valence-electron chi connectivity index (χ2n) is 4.53. The molecule has 3 nitrogen and oxygen atoms in total. The van der Waals surface area contributed by atoms with E-state index in [9.17, 15) is 0 Å². The van der Waals surface area contributed by atoms with Crippen molar-refractivity contribution in [1.82, 2.24) is 4.98 Å². The molecule has 2 atom stereocenters. The lowest BCUT2D eigenvalue weighted by atomic mass is 10.1. The van der Waals surface area contributed by atoms with Crippen molar-refractivity contribution in [3.8, 4) is 5.88 Å². The summed E-state index contributed by atoms with van der Waals surface area (Å²) in [4.78, 5) is 4.35. The molecule has 1 aliphatic carbocycles. The standard InChI is InChI=1S/C13H16N2OS/c14-8-9-2-1-3-11(9)16-13-10-5-7-17-12(10)4-6-15-13/h4-7,9,11H,1-3,8,14H2. The van der Waals surface area contributed by atoms with Crippen LogP contribution in [0.15, 0.2) is 23.7 Å². The van der Waals surface area contributed by atoms with Gasteiger partial charge in [0.1, 0.15) is 6.10 Å². The first-order chi connectivity index (χ1) is 8.38. The van der Waals surface area contributed by atoms with E-state index >= 15 is 0 Å². The third-order valence-corrected chi connectivity index (χ3v) is 4.38. The lowest BCUT2D eigenvalue weighted by Crippen LogP contribution is -2.27. The fourth-order valence-electron chi connectivity index (χ4n) is 2.53. The molecule has 0 saturated heterocycles. The van der Waals surface area contributed by atoms with Crippen molar-refractivity contribution in [1.29, 1.82) is 0 Å². The molecule has 1 aliphatic rings. The van der Waals surface area contributed by atoms with Crippen molar-refractivity contribution >= 4 is 21.4 Å². The second-order valence-corrected chi connectivity index (χ2v) is 5.48. The van der Waals surface area contributed by atoms with Crippen LogP contribution < -0.4 is 10.5 Å². The van der Waals surface area contributed by atoms with Crippen molar-refractivity contribution in [2.45, 2.75) is 25.4 Å². The van der Waals surface area contributed by atoms with Gasteiger partial charge in [-0.15, -0.1) is 11.3 Å². The molecule has 90 valence electrons. The van der Waals surface area contributed by atoms with Gasteiger partial charge in [-0.2, -0.15) is 0 Å². The fraction of sp³-hybridized carbons (Fsp3) is 0.462. The van der Waals surface area contributed by atoms with Gasteiger partial charge in [-0.05, 0) is 43.3 Å². The number of hydrogen-bond acceptors (Lipinski definition) is 4. The van der Waals surface area contributed by atoms with Crippen LogP contribution in [-0.2, 0) is 0 Å². The smallest absolute Gasteiger partial charge is 0.222 e. The molecule has 2 heterocycles. The van der Waals surface area contributed by atoms with E-state index in [4.69, 9.17) is 10.5 Å². The summed E-state index contributed by atoms with van der Waals surface area (Å²) in [6.07, 6.45) is 5.57. The van der Waals surface area contributed by atoms with Crippen molar-refractivity contribution in [2.75, 3.05) is 6.54 Å². The zero-order valence-electron chi connectivity index (χ0n) is 9.63. The number of nitrogens with zero attached hydrogens (tertiary/aromatic N) is 1. The van der Waals surface area contributed by atoms with E-state index in [0.717, 1.165) is 17.7 Å². The molecule has 1 saturated carbocycles. The van der Waals surface area contributed by atoms with Gasteiger partial charge < -0.3 is 10.5 Å². The average Bonchev–Trinajstić information content (AvgIpc) is 2.97. The Morgan fingerprint density at radius 1 is 1.41 bits per heavy atom. The number of aromatic nitrogens is 1. The average molecular weight is 248 g/mol. The van der Waals surface area contributed by atoms with Crippen molar-refractivity contribution in [2.24, 2.45) is 11.7 Å². The van der Waals surface area contributed by atoms with Crippen LogP contribution in [0.2, 0.25) is 0 Å². The van der Waals surface area contributed by atoms with Crippen LogP contribution >= 0.6 is 11.3 Å². The van der Waals surface area contributed by atoms with Crippen molar-refractivity contribution < 1.29 is 4.74 Å². The number of fused-ring (bicyclic) bond motifs is 1. The topological polar surface area (TPSA) is 48.1 Å². The second kappa shape index (κ2) is 4.63. The Labute approximate surface area is 105 Å². The Hall–Kier alpha value is -1.13. The number of hydrogen-bond donors (Lipinski definition) is 1. The van der Waals surface area contributed by atoms with Crippen LogP contribution in [0.4, 0.5) is 0 Å². The quantitative estimate of drug-likeness (QED) is 0.908. The summed E-state index contributed by atoms with van der Waals surface area (Å²) in [6.45, 7) is 0.713. The van der Waals surface area contributed by atoms with Crippen LogP contribution in [0, 0.1) is 5.92 Å². The largest absolute Gasteiger partial charge is 0.474 e. The number of thiophene rings is 1. The number of nitrogens with two attached hydrogens (primary N) is 1. The number of pyridine rings is 1. The molecule has 2 aromatic heterocycles. The molecule has 0 amide bonds. The summed E-state index contributed by atoms with van der Waals surface area (Å²) in [5, 5.41) is 3.20. The highest BCUT2D eigenvalue weighted by Crippen LogP contribution is 2.32. The highest BCUT2D eigenvalue weighted by atomic mass is 32.1. The van der Waals surface area contributed by atoms with Crippen LogP contribution in [-0.4, -0.2) is 17.6 Å². The van der Waals surface area contributed by atoms with E-state index in [-0.39, 0.29) is 6.10 Å². The minimum atomic E-state index is 0.248. The van der Waals surface area contributed by atoms with Crippen LogP contribution in [0.1, 0.15) is 19.3 Å². The molecule has 3 rings (SSSR count). The summed E-state index contributed by atoms with van der Waals surface area (Å²) in [6, 6.07) is 4.11. The van der Waals surface area contributed by atoms with Gasteiger partial charge in [0.2, 0.25) is 5.88 Å². The predicted octanol–water partition coefficient (Wildman–Crippen LogP) is 2.80. The molecule has 0 bridgehead atoms. The molecular weight excluding hydrogens is 232 g/mol. The Morgan fingerprint density at radius 2 is 2.35 bits per heavy atom. The SMILES string of the molecule is NCC1CCCC1Oc1nccc2sccc12. The van der Waals surface area contributed by atoms with Gasteiger partial charge in [0, 0.05) is 16.8 Å². The highest BCUT2D eigenvalue weighted by molar-refractivity contribution is 7.17. The van der Waals surface area contributed by atoms with Gasteiger partial charge in [0.25, 0.3) is 0 Å². The molecule has 0 radical (unpaired) electrons. The van der Waals surface area contributed by atoms with E-state index in [0.29, 0.717) is 12.5 Å². The Bertz CT molecular complexity index is 511. The zero-order chi connectivity index (χ0) is 11.7. The summed E-state index contributed by atoms with van der Waals surface area (Å²) >= 11 is 1.72. The van der Waals surface area contributed by atoms with E-state index in [1.165, 1.54) is 17.5 Å². The minimum Gasteiger partial charge on any atom is -0.474 e. The lowest BCUT2D eigenvalue weighted by molar-refractivity contribution is 0.158. The molecule has 2 aromatic rings. The third kappa shape index (κ3) is 2.03. The van der Waals surface area contributed by atoms with Gasteiger partial charge in [-0.3, -0.25) is 0 Å². The maximum Gasteiger partial charge on any atom is 0.222 e. The lowest BCUT2D eigenvalue weighted by Gasteiger charge is -2.19. The van der Waals surface area contributed by atoms with Crippen LogP contribution in [0.25, 0.3) is 10.1 Å². The Morgan fingerprint density at radius 3 is 3.24 bits per heavy atom. The maximum absolute atomic E-state index is 6.07. The fourth-order valence-corrected chi connectivity index (χ4v) is 3.31. The van der Waals surface area contributed by atoms with E-state index in [1.807, 2.05) is 12.3 Å². The van der Waals surface area contributed by atoms with Crippen LogP contribution in [0.5, 0.6) is 5.88 Å². The summed E-state index contributed by atoms with van der Waals surface area (Å²) in [5.74, 6) is 1.26. The minimum absolute atomic E-state index is 0.248. The molecule has 2 N–H and O–H groups in total. The van der Waals surface area contributed by atoms with E-state index < -0.39 is 0 Å². The Balaban J connectivity index is 1.87. The molecule has 17 heavy (non-hydrogen) atoms. The highest BCUT2D eigenvalue weighted by Gasteiger charge is 2.28. The predicted molar refractivity (Wildman–Crippen MR) is 70.4 cm³/mol. The van der Waals surface area contributed by atoms with Crippen LogP contribution in [0.3, 0.4) is 0 Å². The molecule has 1 fully saturated rings. The normalized spacial score (nSPS) is 24.3. The summed E-state index contributed by atoms with van der Waals surface area (Å²) in [7, 11) is 0. The molecule has 0 aromatic carbocycles. The number of ether oxygens (including phenoxy) is 1. The maximum atomic E-state index is 6.07. The van der Waals surface area contributed by atoms with E-state index in [2.05, 4.69) is 16.4 Å². The first-order valence-electron chi connectivity index (χ1n) is 6.07. The van der Waals surface area contributed by atoms with Crippen molar-refractivity contribution in [3.63, 3.8) is 0 Å². The van der Waals surface area contributed by atoms with Gasteiger partial charge >= 0.3 is 0 Å². The van der Waals surface area contributed by atoms with Gasteiger partial charge in [-0.1, -0.05) is 0 Å².